The van der Waals surface area contributed by atoms with E-state index < -0.39 is 12.1 Å². The van der Waals surface area contributed by atoms with Crippen molar-refractivity contribution in [2.24, 2.45) is 5.92 Å². The number of unbranched alkanes of at least 4 members (excludes halogenated alkanes) is 3. The molecule has 1 aliphatic rings. The summed E-state index contributed by atoms with van der Waals surface area (Å²) in [7, 11) is 2.72. The van der Waals surface area contributed by atoms with Crippen molar-refractivity contribution in [2.75, 3.05) is 24.6 Å². The van der Waals surface area contributed by atoms with Crippen LogP contribution >= 0.6 is 21.6 Å². The van der Waals surface area contributed by atoms with Crippen molar-refractivity contribution in [2.45, 2.75) is 45.4 Å². The summed E-state index contributed by atoms with van der Waals surface area (Å²) in [4.78, 5) is 45.9. The number of hydrogen-bond donors (Lipinski definition) is 4. The first-order chi connectivity index (χ1) is 12.5. The maximum atomic E-state index is 11.6. The molecule has 0 atom stereocenters. The van der Waals surface area contributed by atoms with Gasteiger partial charge in [-0.1, -0.05) is 47.8 Å². The van der Waals surface area contributed by atoms with Crippen LogP contribution in [0, 0.1) is 5.92 Å². The van der Waals surface area contributed by atoms with Gasteiger partial charge in [0.25, 0.3) is 0 Å². The second kappa shape index (κ2) is 13.7. The SMILES string of the molecule is CCCCCCNC(=O)NC(=O)CSSCCNC(=O)NC(=O)C1CC1. The third kappa shape index (κ3) is 12.0. The van der Waals surface area contributed by atoms with Gasteiger partial charge < -0.3 is 10.6 Å². The maximum Gasteiger partial charge on any atom is 0.321 e. The molecule has 0 unspecified atom stereocenters. The van der Waals surface area contributed by atoms with Crippen LogP contribution in [-0.4, -0.2) is 48.5 Å². The van der Waals surface area contributed by atoms with E-state index in [2.05, 4.69) is 28.2 Å². The lowest BCUT2D eigenvalue weighted by molar-refractivity contribution is -0.121. The first kappa shape index (κ1) is 22.6. The summed E-state index contributed by atoms with van der Waals surface area (Å²) in [5.41, 5.74) is 0. The van der Waals surface area contributed by atoms with Crippen LogP contribution in [0.3, 0.4) is 0 Å². The molecule has 0 aromatic heterocycles. The van der Waals surface area contributed by atoms with Gasteiger partial charge in [0.05, 0.1) is 5.75 Å². The molecular formula is C16H28N4O4S2. The minimum absolute atomic E-state index is 0.00210. The Morgan fingerprint density at radius 3 is 2.27 bits per heavy atom. The van der Waals surface area contributed by atoms with Crippen molar-refractivity contribution in [3.05, 3.63) is 0 Å². The van der Waals surface area contributed by atoms with Crippen LogP contribution in [0.1, 0.15) is 45.4 Å². The Bertz CT molecular complexity index is 487. The van der Waals surface area contributed by atoms with E-state index >= 15 is 0 Å². The zero-order valence-electron chi connectivity index (χ0n) is 15.1. The molecular weight excluding hydrogens is 376 g/mol. The fraction of sp³-hybridized carbons (Fsp3) is 0.750. The number of imide groups is 2. The molecule has 0 bridgehead atoms. The second-order valence-corrected chi connectivity index (χ2v) is 8.55. The number of hydrogen-bond acceptors (Lipinski definition) is 6. The molecule has 0 radical (unpaired) electrons. The average Bonchev–Trinajstić information content (AvgIpc) is 3.42. The lowest BCUT2D eigenvalue weighted by Gasteiger charge is -2.07. The number of urea groups is 2. The van der Waals surface area contributed by atoms with Gasteiger partial charge in [-0.15, -0.1) is 0 Å². The van der Waals surface area contributed by atoms with Crippen molar-refractivity contribution in [3.63, 3.8) is 0 Å². The minimum Gasteiger partial charge on any atom is -0.338 e. The summed E-state index contributed by atoms with van der Waals surface area (Å²) >= 11 is 0. The molecule has 0 saturated heterocycles. The largest absolute Gasteiger partial charge is 0.338 e. The van der Waals surface area contributed by atoms with Gasteiger partial charge in [0.15, 0.2) is 0 Å². The third-order valence-corrected chi connectivity index (χ3v) is 5.77. The Morgan fingerprint density at radius 1 is 0.885 bits per heavy atom. The van der Waals surface area contributed by atoms with E-state index in [4.69, 9.17) is 0 Å². The van der Waals surface area contributed by atoms with Gasteiger partial charge in [0.1, 0.15) is 0 Å². The molecule has 148 valence electrons. The number of amides is 6. The smallest absolute Gasteiger partial charge is 0.321 e. The molecule has 26 heavy (non-hydrogen) atoms. The average molecular weight is 405 g/mol. The summed E-state index contributed by atoms with van der Waals surface area (Å²) < 4.78 is 0. The highest BCUT2D eigenvalue weighted by molar-refractivity contribution is 8.76. The summed E-state index contributed by atoms with van der Waals surface area (Å²) in [6.45, 7) is 3.08. The molecule has 1 aliphatic carbocycles. The van der Waals surface area contributed by atoms with E-state index in [1.807, 2.05) is 0 Å². The summed E-state index contributed by atoms with van der Waals surface area (Å²) in [6, 6.07) is -0.948. The standard InChI is InChI=1S/C16H28N4O4S2/c1-2-3-4-5-8-17-15(23)19-13(21)11-26-25-10-9-18-16(24)20-14(22)12-6-7-12/h12H,2-11H2,1H3,(H2,17,19,21,23)(H2,18,20,22,24). The molecule has 0 aromatic rings. The highest BCUT2D eigenvalue weighted by Gasteiger charge is 2.30. The van der Waals surface area contributed by atoms with Crippen LogP contribution in [0.15, 0.2) is 0 Å². The van der Waals surface area contributed by atoms with Gasteiger partial charge in [0.2, 0.25) is 11.8 Å². The number of nitrogens with one attached hydrogen (secondary N) is 4. The van der Waals surface area contributed by atoms with Crippen molar-refractivity contribution >= 4 is 45.5 Å². The zero-order valence-corrected chi connectivity index (χ0v) is 16.7. The van der Waals surface area contributed by atoms with Gasteiger partial charge in [-0.2, -0.15) is 0 Å². The van der Waals surface area contributed by atoms with Crippen molar-refractivity contribution < 1.29 is 19.2 Å². The Hall–Kier alpha value is -1.42. The molecule has 10 heteroatoms. The normalized spacial score (nSPS) is 13.0. The van der Waals surface area contributed by atoms with Crippen molar-refractivity contribution in [3.8, 4) is 0 Å². The summed E-state index contributed by atoms with van der Waals surface area (Å²) in [5, 5.41) is 9.80. The monoisotopic (exact) mass is 404 g/mol. The van der Waals surface area contributed by atoms with Crippen molar-refractivity contribution in [1.82, 2.24) is 21.3 Å². The predicted molar refractivity (Wildman–Crippen MR) is 105 cm³/mol. The lowest BCUT2D eigenvalue weighted by Crippen LogP contribution is -2.41. The molecule has 4 N–H and O–H groups in total. The minimum atomic E-state index is -0.485. The van der Waals surface area contributed by atoms with E-state index in [1.54, 1.807) is 0 Å². The lowest BCUT2D eigenvalue weighted by atomic mass is 10.2. The van der Waals surface area contributed by atoms with Gasteiger partial charge in [-0.25, -0.2) is 9.59 Å². The van der Waals surface area contributed by atoms with E-state index in [-0.39, 0.29) is 23.5 Å². The van der Waals surface area contributed by atoms with Crippen LogP contribution in [0.2, 0.25) is 0 Å². The van der Waals surface area contributed by atoms with E-state index in [0.29, 0.717) is 18.8 Å². The first-order valence-corrected chi connectivity index (χ1v) is 11.4. The number of carbonyl (C=O) groups excluding carboxylic acids is 4. The molecule has 1 fully saturated rings. The molecule has 8 nitrogen and oxygen atoms in total. The van der Waals surface area contributed by atoms with E-state index in [9.17, 15) is 19.2 Å². The van der Waals surface area contributed by atoms with Crippen LogP contribution in [0.4, 0.5) is 9.59 Å². The van der Waals surface area contributed by atoms with Gasteiger partial charge in [0, 0.05) is 24.8 Å². The molecule has 1 rings (SSSR count). The summed E-state index contributed by atoms with van der Waals surface area (Å²) in [6.07, 6.45) is 5.96. The summed E-state index contributed by atoms with van der Waals surface area (Å²) in [5.74, 6) is 0.171. The fourth-order valence-electron chi connectivity index (χ4n) is 1.92. The number of carbonyl (C=O) groups is 4. The predicted octanol–water partition coefficient (Wildman–Crippen LogP) is 2.01. The Labute approximate surface area is 162 Å². The van der Waals surface area contributed by atoms with Gasteiger partial charge in [-0.05, 0) is 19.3 Å². The number of rotatable bonds is 12. The third-order valence-electron chi connectivity index (χ3n) is 3.50. The maximum absolute atomic E-state index is 11.6. The Morgan fingerprint density at radius 2 is 1.58 bits per heavy atom. The highest BCUT2D eigenvalue weighted by Crippen LogP contribution is 2.28. The fourth-order valence-corrected chi connectivity index (χ4v) is 3.67. The molecule has 0 heterocycles. The quantitative estimate of drug-likeness (QED) is 0.292. The van der Waals surface area contributed by atoms with Gasteiger partial charge in [-0.3, -0.25) is 20.2 Å². The molecule has 0 aromatic carbocycles. The Balaban J connectivity index is 1.91. The highest BCUT2D eigenvalue weighted by atomic mass is 33.1. The zero-order chi connectivity index (χ0) is 19.2. The molecule has 1 saturated carbocycles. The van der Waals surface area contributed by atoms with Crippen LogP contribution in [0.25, 0.3) is 0 Å². The topological polar surface area (TPSA) is 116 Å². The molecule has 0 spiro atoms. The molecule has 6 amide bonds. The second-order valence-electron chi connectivity index (χ2n) is 5.97. The van der Waals surface area contributed by atoms with Crippen LogP contribution in [0.5, 0.6) is 0 Å². The van der Waals surface area contributed by atoms with Crippen LogP contribution in [-0.2, 0) is 9.59 Å². The Kier molecular flexibility index (Phi) is 12.0. The molecule has 0 aliphatic heterocycles. The van der Waals surface area contributed by atoms with Crippen LogP contribution < -0.4 is 21.3 Å². The van der Waals surface area contributed by atoms with E-state index in [1.165, 1.54) is 21.6 Å². The van der Waals surface area contributed by atoms with Crippen molar-refractivity contribution in [1.29, 1.82) is 0 Å². The first-order valence-electron chi connectivity index (χ1n) is 8.93. The van der Waals surface area contributed by atoms with Gasteiger partial charge >= 0.3 is 12.1 Å². The van der Waals surface area contributed by atoms with E-state index in [0.717, 1.165) is 38.5 Å².